The van der Waals surface area contributed by atoms with Crippen LogP contribution in [-0.4, -0.2) is 31.7 Å². The monoisotopic (exact) mass is 99.1 g/mol. The summed E-state index contributed by atoms with van der Waals surface area (Å²) in [6, 6.07) is 0. The van der Waals surface area contributed by atoms with Crippen molar-refractivity contribution in [3.05, 3.63) is 0 Å². The molecule has 0 aromatic carbocycles. The van der Waals surface area contributed by atoms with Gasteiger partial charge >= 0.3 is 6.41 Å². The summed E-state index contributed by atoms with van der Waals surface area (Å²) in [5.74, 6) is 0. The van der Waals surface area contributed by atoms with E-state index in [4.69, 9.17) is 0 Å². The zero-order chi connectivity index (χ0) is 5.70. The minimum atomic E-state index is 1.38. The summed E-state index contributed by atoms with van der Waals surface area (Å²) in [4.78, 5) is 14.2. The van der Waals surface area contributed by atoms with Gasteiger partial charge in [-0.15, -0.1) is 0 Å². The second kappa shape index (κ2) is 3.33. The molecule has 0 aliphatic rings. The standard InChI is InChI=1S/C4H7N2O/c1-6(2)3-5-4-7/h3H,1-2H3/b5-3+. The fraction of sp³-hybridized carbons (Fsp3) is 0.500. The SMILES string of the molecule is CN(C)/C=N/[C]=O. The molecule has 0 aliphatic carbocycles. The first kappa shape index (κ1) is 6.14. The lowest BCUT2D eigenvalue weighted by Crippen LogP contribution is -2.07. The molecule has 0 aromatic rings. The van der Waals surface area contributed by atoms with Gasteiger partial charge in [0.15, 0.2) is 0 Å². The van der Waals surface area contributed by atoms with Crippen molar-refractivity contribution >= 4 is 12.7 Å². The Kier molecular flexibility index (Phi) is 2.92. The molecule has 0 saturated heterocycles. The fourth-order valence-corrected chi connectivity index (χ4v) is 0.139. The summed E-state index contributed by atoms with van der Waals surface area (Å²) in [7, 11) is 3.56. The minimum absolute atomic E-state index is 1.38. The quantitative estimate of drug-likeness (QED) is 0.350. The van der Waals surface area contributed by atoms with Gasteiger partial charge in [0, 0.05) is 14.1 Å². The number of rotatable bonds is 2. The van der Waals surface area contributed by atoms with Crippen molar-refractivity contribution in [1.29, 1.82) is 0 Å². The molecule has 0 fully saturated rings. The molecule has 0 N–H and O–H groups in total. The van der Waals surface area contributed by atoms with E-state index in [-0.39, 0.29) is 0 Å². The van der Waals surface area contributed by atoms with E-state index in [1.54, 1.807) is 19.0 Å². The second-order valence-corrected chi connectivity index (χ2v) is 1.30. The van der Waals surface area contributed by atoms with Crippen LogP contribution in [0.2, 0.25) is 0 Å². The van der Waals surface area contributed by atoms with Crippen LogP contribution in [0, 0.1) is 0 Å². The largest absolute Gasteiger partial charge is 0.369 e. The van der Waals surface area contributed by atoms with E-state index in [0.717, 1.165) is 0 Å². The smallest absolute Gasteiger partial charge is 0.338 e. The van der Waals surface area contributed by atoms with E-state index in [1.807, 2.05) is 0 Å². The first-order valence-corrected chi connectivity index (χ1v) is 1.84. The number of aliphatic imine (C=N–C) groups is 1. The average Bonchev–Trinajstić information content (AvgIpc) is 1.61. The van der Waals surface area contributed by atoms with E-state index in [0.29, 0.717) is 0 Å². The van der Waals surface area contributed by atoms with Crippen molar-refractivity contribution in [2.45, 2.75) is 0 Å². The van der Waals surface area contributed by atoms with E-state index in [9.17, 15) is 4.79 Å². The van der Waals surface area contributed by atoms with Crippen LogP contribution in [0.25, 0.3) is 0 Å². The molecule has 0 bridgehead atoms. The molecule has 0 aromatic heterocycles. The average molecular weight is 99.1 g/mol. The van der Waals surface area contributed by atoms with Crippen molar-refractivity contribution in [1.82, 2.24) is 4.90 Å². The lowest BCUT2D eigenvalue weighted by Gasteiger charge is -1.97. The summed E-state index contributed by atoms with van der Waals surface area (Å²) in [5, 5.41) is 0. The molecule has 0 spiro atoms. The van der Waals surface area contributed by atoms with Crippen molar-refractivity contribution in [3.8, 4) is 0 Å². The third-order valence-electron chi connectivity index (χ3n) is 0.341. The van der Waals surface area contributed by atoms with Crippen LogP contribution in [0.4, 0.5) is 0 Å². The summed E-state index contributed by atoms with van der Waals surface area (Å²) >= 11 is 0. The first-order valence-electron chi connectivity index (χ1n) is 1.84. The predicted octanol–water partition coefficient (Wildman–Crippen LogP) is -0.357. The third kappa shape index (κ3) is 5.14. The van der Waals surface area contributed by atoms with Gasteiger partial charge in [-0.1, -0.05) is 0 Å². The predicted molar refractivity (Wildman–Crippen MR) is 27.9 cm³/mol. The Bertz CT molecular complexity index is 77.8. The van der Waals surface area contributed by atoms with Gasteiger partial charge in [-0.2, -0.15) is 4.99 Å². The summed E-state index contributed by atoms with van der Waals surface area (Å²) < 4.78 is 0. The maximum Gasteiger partial charge on any atom is 0.338 e. The minimum Gasteiger partial charge on any atom is -0.369 e. The van der Waals surface area contributed by atoms with Crippen LogP contribution in [0.3, 0.4) is 0 Å². The molecule has 0 heterocycles. The van der Waals surface area contributed by atoms with E-state index in [2.05, 4.69) is 4.99 Å². The molecular weight excluding hydrogens is 92.1 g/mol. The Labute approximate surface area is 42.7 Å². The van der Waals surface area contributed by atoms with Gasteiger partial charge in [0.1, 0.15) is 0 Å². The zero-order valence-electron chi connectivity index (χ0n) is 4.38. The van der Waals surface area contributed by atoms with Gasteiger partial charge in [0.25, 0.3) is 0 Å². The van der Waals surface area contributed by atoms with Crippen LogP contribution in [0.1, 0.15) is 0 Å². The lowest BCUT2D eigenvalue weighted by molar-refractivity contribution is 0.556. The van der Waals surface area contributed by atoms with Gasteiger partial charge < -0.3 is 4.90 Å². The molecule has 0 rings (SSSR count). The number of nitrogens with zero attached hydrogens (tertiary/aromatic N) is 2. The van der Waals surface area contributed by atoms with Gasteiger partial charge in [-0.05, 0) is 0 Å². The van der Waals surface area contributed by atoms with Gasteiger partial charge in [-0.25, -0.2) is 0 Å². The molecule has 39 valence electrons. The normalized spacial score (nSPS) is 9.43. The number of amides is 1. The van der Waals surface area contributed by atoms with Crippen LogP contribution in [-0.2, 0) is 4.79 Å². The summed E-state index contributed by atoms with van der Waals surface area (Å²) in [6.45, 7) is 0. The molecule has 3 heteroatoms. The Balaban J connectivity index is 3.25. The molecule has 0 unspecified atom stereocenters. The van der Waals surface area contributed by atoms with Crippen molar-refractivity contribution in [3.63, 3.8) is 0 Å². The number of hydrogen-bond acceptors (Lipinski definition) is 1. The number of carbonyl (C=O) groups excluding carboxylic acids is 1. The van der Waals surface area contributed by atoms with Gasteiger partial charge in [0.05, 0.1) is 6.34 Å². The Morgan fingerprint density at radius 2 is 2.29 bits per heavy atom. The molecule has 0 atom stereocenters. The molecule has 7 heavy (non-hydrogen) atoms. The van der Waals surface area contributed by atoms with Crippen LogP contribution in [0.5, 0.6) is 0 Å². The van der Waals surface area contributed by atoms with Crippen molar-refractivity contribution in [2.75, 3.05) is 14.1 Å². The number of hydrogen-bond donors (Lipinski definition) is 0. The maximum absolute atomic E-state index is 9.36. The highest BCUT2D eigenvalue weighted by atomic mass is 16.1. The summed E-state index contributed by atoms with van der Waals surface area (Å²) in [6.07, 6.45) is 2.76. The third-order valence-corrected chi connectivity index (χ3v) is 0.341. The molecule has 0 saturated carbocycles. The molecule has 0 aliphatic heterocycles. The van der Waals surface area contributed by atoms with Crippen molar-refractivity contribution in [2.24, 2.45) is 4.99 Å². The molecule has 1 radical (unpaired) electrons. The van der Waals surface area contributed by atoms with E-state index in [1.165, 1.54) is 12.7 Å². The topological polar surface area (TPSA) is 32.7 Å². The van der Waals surface area contributed by atoms with Crippen LogP contribution in [0.15, 0.2) is 4.99 Å². The van der Waals surface area contributed by atoms with Gasteiger partial charge in [-0.3, -0.25) is 4.79 Å². The highest BCUT2D eigenvalue weighted by Gasteiger charge is 1.71. The Morgan fingerprint density at radius 1 is 1.71 bits per heavy atom. The van der Waals surface area contributed by atoms with Crippen LogP contribution < -0.4 is 0 Å². The van der Waals surface area contributed by atoms with Gasteiger partial charge in [0.2, 0.25) is 0 Å². The highest BCUT2D eigenvalue weighted by Crippen LogP contribution is 1.60. The zero-order valence-corrected chi connectivity index (χ0v) is 4.38. The molecule has 3 nitrogen and oxygen atoms in total. The van der Waals surface area contributed by atoms with E-state index >= 15 is 0 Å². The van der Waals surface area contributed by atoms with E-state index < -0.39 is 0 Å². The fourth-order valence-electron chi connectivity index (χ4n) is 0.139. The van der Waals surface area contributed by atoms with Crippen molar-refractivity contribution < 1.29 is 4.79 Å². The molecule has 1 amide bonds. The highest BCUT2D eigenvalue weighted by molar-refractivity contribution is 5.67. The lowest BCUT2D eigenvalue weighted by atomic mass is 10.9. The Hall–Kier alpha value is -0.860. The van der Waals surface area contributed by atoms with Crippen LogP contribution >= 0.6 is 0 Å². The second-order valence-electron chi connectivity index (χ2n) is 1.30. The summed E-state index contributed by atoms with van der Waals surface area (Å²) in [5.41, 5.74) is 0. The first-order chi connectivity index (χ1) is 3.27. The molecular formula is C4H7N2O. The Morgan fingerprint density at radius 3 is 2.43 bits per heavy atom. The maximum atomic E-state index is 9.36.